The summed E-state index contributed by atoms with van der Waals surface area (Å²) >= 11 is 6.95. The summed E-state index contributed by atoms with van der Waals surface area (Å²) < 4.78 is 0.952. The molecule has 0 atom stereocenters. The number of nitrogens with one attached hydrogen (secondary N) is 2. The zero-order valence-electron chi connectivity index (χ0n) is 13.6. The van der Waals surface area contributed by atoms with Crippen molar-refractivity contribution in [1.82, 2.24) is 9.97 Å². The van der Waals surface area contributed by atoms with E-state index in [0.29, 0.717) is 16.5 Å². The van der Waals surface area contributed by atoms with Crippen LogP contribution in [-0.2, 0) is 9.59 Å². The summed E-state index contributed by atoms with van der Waals surface area (Å²) in [6.07, 6.45) is 1.75. The topological polar surface area (TPSA) is 84.0 Å². The van der Waals surface area contributed by atoms with Crippen molar-refractivity contribution in [2.45, 2.75) is 13.8 Å². The Kier molecular flexibility index (Phi) is 4.96. The molecular formula is C17H15ClN4O2S. The maximum atomic E-state index is 11.5. The summed E-state index contributed by atoms with van der Waals surface area (Å²) in [4.78, 5) is 31.4. The number of carbonyl (C=O) groups is 2. The van der Waals surface area contributed by atoms with E-state index in [9.17, 15) is 9.59 Å². The molecule has 2 heterocycles. The highest BCUT2D eigenvalue weighted by Crippen LogP contribution is 2.31. The van der Waals surface area contributed by atoms with E-state index in [-0.39, 0.29) is 17.7 Å². The first kappa shape index (κ1) is 17.3. The third kappa shape index (κ3) is 3.94. The maximum Gasteiger partial charge on any atom is 0.239 e. The highest BCUT2D eigenvalue weighted by atomic mass is 35.5. The number of hydrogen-bond acceptors (Lipinski definition) is 5. The normalized spacial score (nSPS) is 10.7. The number of aryl methyl sites for hydroxylation is 1. The zero-order valence-corrected chi connectivity index (χ0v) is 15.2. The third-order valence-electron chi connectivity index (χ3n) is 3.49. The first-order valence-corrected chi connectivity index (χ1v) is 8.82. The molecule has 3 rings (SSSR count). The smallest absolute Gasteiger partial charge is 0.239 e. The molecular weight excluding hydrogens is 360 g/mol. The van der Waals surface area contributed by atoms with Crippen LogP contribution >= 0.6 is 22.9 Å². The second-order valence-corrected chi connectivity index (χ2v) is 6.72. The molecule has 0 saturated heterocycles. The number of halogens is 1. The van der Waals surface area contributed by atoms with Gasteiger partial charge in [-0.2, -0.15) is 0 Å². The van der Waals surface area contributed by atoms with E-state index in [4.69, 9.17) is 11.6 Å². The number of fused-ring (bicyclic) bond motifs is 1. The Bertz CT molecular complexity index is 970. The number of thiazole rings is 1. The van der Waals surface area contributed by atoms with Crippen LogP contribution in [0.5, 0.6) is 0 Å². The fourth-order valence-electron chi connectivity index (χ4n) is 2.31. The fraction of sp³-hybridized carbons (Fsp3) is 0.176. The number of nitrogens with zero attached hydrogens (tertiary/aromatic N) is 2. The van der Waals surface area contributed by atoms with Crippen LogP contribution in [0.2, 0.25) is 0 Å². The van der Waals surface area contributed by atoms with Crippen LogP contribution in [0.15, 0.2) is 30.5 Å². The number of alkyl halides is 1. The Balaban J connectivity index is 1.96. The van der Waals surface area contributed by atoms with Crippen molar-refractivity contribution in [3.8, 4) is 11.1 Å². The first-order valence-electron chi connectivity index (χ1n) is 7.47. The Labute approximate surface area is 153 Å². The Hall–Kier alpha value is -2.51. The molecule has 25 heavy (non-hydrogen) atoms. The van der Waals surface area contributed by atoms with Gasteiger partial charge in [-0.1, -0.05) is 17.4 Å². The molecule has 6 nitrogen and oxygen atoms in total. The minimum absolute atomic E-state index is 0.109. The number of benzene rings is 1. The number of aromatic nitrogens is 2. The maximum absolute atomic E-state index is 11.5. The molecule has 2 amide bonds. The van der Waals surface area contributed by atoms with Gasteiger partial charge in [0.25, 0.3) is 0 Å². The average molecular weight is 375 g/mol. The third-order valence-corrected chi connectivity index (χ3v) is 4.66. The summed E-state index contributed by atoms with van der Waals surface area (Å²) in [7, 11) is 0. The minimum atomic E-state index is -0.276. The lowest BCUT2D eigenvalue weighted by molar-refractivity contribution is -0.114. The Morgan fingerprint density at radius 1 is 1.20 bits per heavy atom. The number of pyridine rings is 1. The SMILES string of the molecule is CC(=O)Nc1nc2ccc(-c3cnc(C)c(NC(=O)CCl)c3)cc2s1. The molecule has 1 aromatic carbocycles. The highest BCUT2D eigenvalue weighted by molar-refractivity contribution is 7.22. The van der Waals surface area contributed by atoms with E-state index in [1.807, 2.05) is 31.2 Å². The van der Waals surface area contributed by atoms with E-state index < -0.39 is 0 Å². The van der Waals surface area contributed by atoms with Crippen molar-refractivity contribution < 1.29 is 9.59 Å². The van der Waals surface area contributed by atoms with Crippen LogP contribution in [0.4, 0.5) is 10.8 Å². The van der Waals surface area contributed by atoms with Crippen molar-refractivity contribution in [1.29, 1.82) is 0 Å². The predicted molar refractivity (Wildman–Crippen MR) is 101 cm³/mol. The van der Waals surface area contributed by atoms with Crippen molar-refractivity contribution >= 4 is 55.8 Å². The molecule has 3 aromatic rings. The number of anilines is 2. The summed E-state index contributed by atoms with van der Waals surface area (Å²) in [5.41, 5.74) is 3.97. The fourth-order valence-corrected chi connectivity index (χ4v) is 3.33. The molecule has 0 spiro atoms. The Morgan fingerprint density at radius 3 is 2.72 bits per heavy atom. The largest absolute Gasteiger partial charge is 0.323 e. The number of amides is 2. The van der Waals surface area contributed by atoms with E-state index >= 15 is 0 Å². The van der Waals surface area contributed by atoms with Gasteiger partial charge in [0.05, 0.1) is 21.6 Å². The summed E-state index contributed by atoms with van der Waals surface area (Å²) in [6.45, 7) is 3.27. The standard InChI is InChI=1S/C17H15ClN4O2S/c1-9-14(21-16(24)7-18)5-12(8-19-9)11-3-4-13-15(6-11)25-17(22-13)20-10(2)23/h3-6,8H,7H2,1-2H3,(H,21,24)(H,20,22,23). The average Bonchev–Trinajstić information content (AvgIpc) is 2.97. The van der Waals surface area contributed by atoms with Gasteiger partial charge in [-0.05, 0) is 30.7 Å². The molecule has 0 unspecified atom stereocenters. The zero-order chi connectivity index (χ0) is 18.0. The second kappa shape index (κ2) is 7.16. The molecule has 0 aliphatic heterocycles. The number of rotatable bonds is 4. The summed E-state index contributed by atoms with van der Waals surface area (Å²) in [5, 5.41) is 6.00. The molecule has 0 radical (unpaired) electrons. The van der Waals surface area contributed by atoms with Gasteiger partial charge in [-0.25, -0.2) is 4.98 Å². The summed E-state index contributed by atoms with van der Waals surface area (Å²) in [5.74, 6) is -0.536. The molecule has 0 aliphatic rings. The van der Waals surface area contributed by atoms with Gasteiger partial charge in [0, 0.05) is 18.7 Å². The summed E-state index contributed by atoms with van der Waals surface area (Å²) in [6, 6.07) is 7.67. The van der Waals surface area contributed by atoms with Crippen LogP contribution in [-0.4, -0.2) is 27.7 Å². The molecule has 0 bridgehead atoms. The van der Waals surface area contributed by atoms with Gasteiger partial charge in [0.2, 0.25) is 11.8 Å². The van der Waals surface area contributed by atoms with Crippen LogP contribution in [0.25, 0.3) is 21.3 Å². The van der Waals surface area contributed by atoms with E-state index in [0.717, 1.165) is 21.3 Å². The molecule has 128 valence electrons. The van der Waals surface area contributed by atoms with Gasteiger partial charge in [0.1, 0.15) is 5.88 Å². The van der Waals surface area contributed by atoms with Crippen molar-refractivity contribution in [3.63, 3.8) is 0 Å². The second-order valence-electron chi connectivity index (χ2n) is 5.42. The van der Waals surface area contributed by atoms with Gasteiger partial charge in [-0.15, -0.1) is 11.6 Å². The van der Waals surface area contributed by atoms with Crippen molar-refractivity contribution in [3.05, 3.63) is 36.2 Å². The minimum Gasteiger partial charge on any atom is -0.323 e. The van der Waals surface area contributed by atoms with Crippen molar-refractivity contribution in [2.24, 2.45) is 0 Å². The van der Waals surface area contributed by atoms with Gasteiger partial charge < -0.3 is 10.6 Å². The van der Waals surface area contributed by atoms with Crippen LogP contribution in [0.3, 0.4) is 0 Å². The van der Waals surface area contributed by atoms with Gasteiger partial charge >= 0.3 is 0 Å². The first-order chi connectivity index (χ1) is 12.0. The molecule has 2 aromatic heterocycles. The van der Waals surface area contributed by atoms with E-state index in [1.165, 1.54) is 18.3 Å². The van der Waals surface area contributed by atoms with E-state index in [2.05, 4.69) is 20.6 Å². The molecule has 0 saturated carbocycles. The van der Waals surface area contributed by atoms with Crippen molar-refractivity contribution in [2.75, 3.05) is 16.5 Å². The van der Waals surface area contributed by atoms with Gasteiger partial charge in [0.15, 0.2) is 5.13 Å². The predicted octanol–water partition coefficient (Wildman–Crippen LogP) is 3.80. The van der Waals surface area contributed by atoms with E-state index in [1.54, 1.807) is 6.20 Å². The molecule has 8 heteroatoms. The molecule has 0 aliphatic carbocycles. The van der Waals surface area contributed by atoms with Crippen LogP contribution in [0, 0.1) is 6.92 Å². The number of carbonyl (C=O) groups excluding carboxylic acids is 2. The highest BCUT2D eigenvalue weighted by Gasteiger charge is 2.10. The molecule has 0 fully saturated rings. The quantitative estimate of drug-likeness (QED) is 0.680. The lowest BCUT2D eigenvalue weighted by atomic mass is 10.1. The monoisotopic (exact) mass is 374 g/mol. The van der Waals surface area contributed by atoms with Crippen LogP contribution < -0.4 is 10.6 Å². The van der Waals surface area contributed by atoms with Gasteiger partial charge in [-0.3, -0.25) is 14.6 Å². The Morgan fingerprint density at radius 2 is 2.00 bits per heavy atom. The van der Waals surface area contributed by atoms with Crippen LogP contribution in [0.1, 0.15) is 12.6 Å². The molecule has 2 N–H and O–H groups in total. The number of hydrogen-bond donors (Lipinski definition) is 2. The lowest BCUT2D eigenvalue weighted by Gasteiger charge is -2.09. The lowest BCUT2D eigenvalue weighted by Crippen LogP contribution is -2.13.